The maximum Gasteiger partial charge on any atom is 0.228 e. The van der Waals surface area contributed by atoms with Gasteiger partial charge in [0, 0.05) is 17.0 Å². The standard InChI is InChI=1S/C34H38NOSi/c1-20-10-13-24-26(16-20)21(2)30-32-31-25(14-15-35(32)6)27-18-23(37(7,8)9)12-11-22(27)17-29(31)36-33(30)28(24)19-34(3,4)5/h10-18H,19H2,1-9H3/q+1. The van der Waals surface area contributed by atoms with Crippen molar-refractivity contribution in [3.63, 3.8) is 0 Å². The summed E-state index contributed by atoms with van der Waals surface area (Å²) in [4.78, 5) is 0. The molecular formula is C34H38NOSi+. The number of hydrogen-bond donors (Lipinski definition) is 0. The van der Waals surface area contributed by atoms with Gasteiger partial charge in [-0.15, -0.1) is 0 Å². The molecule has 1 aliphatic heterocycles. The summed E-state index contributed by atoms with van der Waals surface area (Å²) in [5.74, 6) is 2.01. The predicted octanol–water partition coefficient (Wildman–Crippen LogP) is 8.49. The van der Waals surface area contributed by atoms with Gasteiger partial charge in [-0.2, -0.15) is 0 Å². The molecule has 0 saturated carbocycles. The third kappa shape index (κ3) is 3.78. The largest absolute Gasteiger partial charge is 0.455 e. The molecule has 1 aromatic heterocycles. The summed E-state index contributed by atoms with van der Waals surface area (Å²) >= 11 is 0. The second-order valence-electron chi connectivity index (χ2n) is 13.3. The van der Waals surface area contributed by atoms with E-state index in [9.17, 15) is 0 Å². The van der Waals surface area contributed by atoms with Gasteiger partial charge in [0.1, 0.15) is 18.5 Å². The zero-order chi connectivity index (χ0) is 26.4. The van der Waals surface area contributed by atoms with Crippen LogP contribution in [0.25, 0.3) is 43.6 Å². The fourth-order valence-electron chi connectivity index (χ4n) is 6.12. The first-order valence-electron chi connectivity index (χ1n) is 13.5. The van der Waals surface area contributed by atoms with Crippen molar-refractivity contribution in [3.05, 3.63) is 71.4 Å². The van der Waals surface area contributed by atoms with Gasteiger partial charge in [-0.25, -0.2) is 4.57 Å². The lowest BCUT2D eigenvalue weighted by Gasteiger charge is -2.28. The Bertz CT molecular complexity index is 1770. The molecule has 2 heterocycles. The van der Waals surface area contributed by atoms with Crippen molar-refractivity contribution in [3.8, 4) is 22.8 Å². The van der Waals surface area contributed by atoms with E-state index in [1.54, 1.807) is 0 Å². The molecule has 0 amide bonds. The van der Waals surface area contributed by atoms with Crippen LogP contribution in [0.4, 0.5) is 0 Å². The Morgan fingerprint density at radius 1 is 0.838 bits per heavy atom. The van der Waals surface area contributed by atoms with E-state index in [1.807, 2.05) is 0 Å². The average molecular weight is 505 g/mol. The minimum absolute atomic E-state index is 0.134. The summed E-state index contributed by atoms with van der Waals surface area (Å²) in [6.45, 7) is 18.7. The smallest absolute Gasteiger partial charge is 0.228 e. The number of fused-ring (bicyclic) bond motifs is 5. The van der Waals surface area contributed by atoms with Crippen molar-refractivity contribution in [2.45, 2.75) is 60.7 Å². The van der Waals surface area contributed by atoms with Gasteiger partial charge < -0.3 is 4.74 Å². The van der Waals surface area contributed by atoms with E-state index >= 15 is 0 Å². The number of benzene rings is 4. The monoisotopic (exact) mass is 504 g/mol. The van der Waals surface area contributed by atoms with Gasteiger partial charge in [0.25, 0.3) is 0 Å². The number of hydrogen-bond acceptors (Lipinski definition) is 1. The van der Waals surface area contributed by atoms with E-state index in [2.05, 4.69) is 121 Å². The van der Waals surface area contributed by atoms with Crippen LogP contribution in [0.2, 0.25) is 19.6 Å². The van der Waals surface area contributed by atoms with Crippen LogP contribution in [0.5, 0.6) is 11.5 Å². The van der Waals surface area contributed by atoms with Crippen LogP contribution in [-0.2, 0) is 13.5 Å². The van der Waals surface area contributed by atoms with Crippen LogP contribution < -0.4 is 14.5 Å². The molecule has 1 aliphatic rings. The van der Waals surface area contributed by atoms with Crippen LogP contribution >= 0.6 is 0 Å². The highest BCUT2D eigenvalue weighted by molar-refractivity contribution is 6.88. The van der Waals surface area contributed by atoms with Gasteiger partial charge in [-0.3, -0.25) is 0 Å². The van der Waals surface area contributed by atoms with Crippen molar-refractivity contribution < 1.29 is 9.30 Å². The molecule has 3 heteroatoms. The molecule has 6 rings (SSSR count). The van der Waals surface area contributed by atoms with Gasteiger partial charge in [-0.05, 0) is 58.9 Å². The molecule has 0 fully saturated rings. The predicted molar refractivity (Wildman–Crippen MR) is 161 cm³/mol. The number of aromatic nitrogens is 1. The third-order valence-electron chi connectivity index (χ3n) is 8.00. The van der Waals surface area contributed by atoms with Gasteiger partial charge in [0.2, 0.25) is 5.69 Å². The fourth-order valence-corrected chi connectivity index (χ4v) is 7.28. The zero-order valence-corrected chi connectivity index (χ0v) is 24.8. The Morgan fingerprint density at radius 2 is 1.59 bits per heavy atom. The van der Waals surface area contributed by atoms with E-state index < -0.39 is 8.07 Å². The lowest BCUT2D eigenvalue weighted by Crippen LogP contribution is -2.37. The van der Waals surface area contributed by atoms with Gasteiger partial charge >= 0.3 is 0 Å². The minimum Gasteiger partial charge on any atom is -0.455 e. The second-order valence-corrected chi connectivity index (χ2v) is 18.4. The lowest BCUT2D eigenvalue weighted by atomic mass is 9.81. The maximum atomic E-state index is 7.00. The van der Waals surface area contributed by atoms with E-state index in [0.29, 0.717) is 0 Å². The molecular weight excluding hydrogens is 466 g/mol. The Kier molecular flexibility index (Phi) is 5.17. The summed E-state index contributed by atoms with van der Waals surface area (Å²) in [7, 11) is 0.740. The zero-order valence-electron chi connectivity index (χ0n) is 23.8. The molecule has 4 aromatic carbocycles. The third-order valence-corrected chi connectivity index (χ3v) is 10.0. The van der Waals surface area contributed by atoms with E-state index in [0.717, 1.165) is 17.9 Å². The average Bonchev–Trinajstić information content (AvgIpc) is 2.81. The molecule has 0 spiro atoms. The molecule has 5 aromatic rings. The first kappa shape index (κ1) is 24.2. The van der Waals surface area contributed by atoms with Crippen molar-refractivity contribution >= 4 is 45.6 Å². The first-order chi connectivity index (χ1) is 17.3. The first-order valence-corrected chi connectivity index (χ1v) is 17.0. The van der Waals surface area contributed by atoms with Crippen molar-refractivity contribution in [2.75, 3.05) is 0 Å². The number of rotatable bonds is 2. The SMILES string of the molecule is Cc1ccc2c(CC(C)(C)C)c3c(c(C)c2c1)-c1c2c(cc4ccc([Si](C)(C)C)cc4c2cc[n+]1C)O3. The summed E-state index contributed by atoms with van der Waals surface area (Å²) in [6.07, 6.45) is 3.19. The summed E-state index contributed by atoms with van der Waals surface area (Å²) in [5.41, 5.74) is 6.57. The maximum absolute atomic E-state index is 7.00. The molecule has 0 N–H and O–H groups in total. The van der Waals surface area contributed by atoms with Crippen LogP contribution in [0.15, 0.2) is 54.7 Å². The van der Waals surface area contributed by atoms with E-state index in [-0.39, 0.29) is 5.41 Å². The lowest BCUT2D eigenvalue weighted by molar-refractivity contribution is -0.659. The van der Waals surface area contributed by atoms with Crippen molar-refractivity contribution in [1.82, 2.24) is 0 Å². The van der Waals surface area contributed by atoms with Crippen LogP contribution in [0, 0.1) is 19.3 Å². The molecule has 0 aliphatic carbocycles. The van der Waals surface area contributed by atoms with Crippen molar-refractivity contribution in [1.29, 1.82) is 0 Å². The molecule has 37 heavy (non-hydrogen) atoms. The number of nitrogens with zero attached hydrogens (tertiary/aromatic N) is 1. The Labute approximate surface area is 221 Å². The van der Waals surface area contributed by atoms with Gasteiger partial charge in [-0.1, -0.05) is 87.6 Å². The highest BCUT2D eigenvalue weighted by atomic mass is 28.3. The van der Waals surface area contributed by atoms with E-state index in [1.165, 1.54) is 65.5 Å². The molecule has 0 atom stereocenters. The van der Waals surface area contributed by atoms with E-state index in [4.69, 9.17) is 4.74 Å². The van der Waals surface area contributed by atoms with Crippen LogP contribution in [0.1, 0.15) is 37.5 Å². The highest BCUT2D eigenvalue weighted by Gasteiger charge is 2.34. The molecule has 0 unspecified atom stereocenters. The minimum atomic E-state index is -1.44. The summed E-state index contributed by atoms with van der Waals surface area (Å²) in [6, 6.07) is 18.5. The summed E-state index contributed by atoms with van der Waals surface area (Å²) in [5, 5.41) is 9.24. The molecule has 188 valence electrons. The Balaban J connectivity index is 1.78. The van der Waals surface area contributed by atoms with Crippen molar-refractivity contribution in [2.24, 2.45) is 12.5 Å². The number of aryl methyl sites for hydroxylation is 3. The molecule has 0 radical (unpaired) electrons. The second kappa shape index (κ2) is 7.91. The fraction of sp³-hybridized carbons (Fsp3) is 0.324. The van der Waals surface area contributed by atoms with Gasteiger partial charge in [0.05, 0.1) is 19.0 Å². The van der Waals surface area contributed by atoms with Crippen LogP contribution in [-0.4, -0.2) is 8.07 Å². The quantitative estimate of drug-likeness (QED) is 0.131. The molecule has 0 bridgehead atoms. The van der Waals surface area contributed by atoms with Crippen LogP contribution in [0.3, 0.4) is 0 Å². The van der Waals surface area contributed by atoms with Gasteiger partial charge in [0.15, 0.2) is 6.20 Å². The molecule has 0 saturated heterocycles. The topological polar surface area (TPSA) is 13.1 Å². The Morgan fingerprint density at radius 3 is 2.30 bits per heavy atom. The normalized spacial score (nSPS) is 13.3. The number of pyridine rings is 1. The number of ether oxygens (including phenoxy) is 1. The summed E-state index contributed by atoms with van der Waals surface area (Å²) < 4.78 is 9.30. The highest BCUT2D eigenvalue weighted by Crippen LogP contribution is 2.52. The molecule has 2 nitrogen and oxygen atoms in total. The Hall–Kier alpha value is -3.17.